The molecule has 9 nitrogen and oxygen atoms in total. The average molecular weight is 1070 g/mol. The molecule has 1 amide bonds. The van der Waals surface area contributed by atoms with Gasteiger partial charge >= 0.3 is 0 Å². The quantitative estimate of drug-likeness (QED) is 0.0261. The van der Waals surface area contributed by atoms with Gasteiger partial charge < -0.3 is 40.3 Å². The van der Waals surface area contributed by atoms with Gasteiger partial charge in [0.1, 0.15) is 24.4 Å². The molecule has 0 aromatic rings. The molecule has 0 spiro atoms. The largest absolute Gasteiger partial charge is 0.394 e. The summed E-state index contributed by atoms with van der Waals surface area (Å²) in [4.78, 5) is 13.1. The van der Waals surface area contributed by atoms with Crippen molar-refractivity contribution in [2.45, 2.75) is 333 Å². The van der Waals surface area contributed by atoms with Crippen LogP contribution in [0.4, 0.5) is 0 Å². The summed E-state index contributed by atoms with van der Waals surface area (Å²) in [7, 11) is 0. The van der Waals surface area contributed by atoms with Crippen molar-refractivity contribution in [3.05, 3.63) is 72.9 Å². The molecule has 1 heterocycles. The molecule has 0 aliphatic carbocycles. The predicted molar refractivity (Wildman–Crippen MR) is 322 cm³/mol. The number of amides is 1. The summed E-state index contributed by atoms with van der Waals surface area (Å²) in [5.74, 6) is -0.142. The van der Waals surface area contributed by atoms with Crippen LogP contribution in [-0.4, -0.2) is 87.5 Å². The fourth-order valence-corrected chi connectivity index (χ4v) is 10.1. The van der Waals surface area contributed by atoms with Crippen LogP contribution in [0, 0.1) is 0 Å². The first-order valence-corrected chi connectivity index (χ1v) is 32.1. The molecule has 0 bridgehead atoms. The zero-order valence-electron chi connectivity index (χ0n) is 49.3. The van der Waals surface area contributed by atoms with E-state index in [1.807, 2.05) is 0 Å². The van der Waals surface area contributed by atoms with Gasteiger partial charge in [0.15, 0.2) is 6.29 Å². The summed E-state index contributed by atoms with van der Waals surface area (Å²) in [5, 5.41) is 54.7. The van der Waals surface area contributed by atoms with E-state index < -0.39 is 49.5 Å². The highest BCUT2D eigenvalue weighted by atomic mass is 16.7. The Hall–Kier alpha value is -2.37. The molecule has 1 aliphatic heterocycles. The minimum atomic E-state index is -1.55. The van der Waals surface area contributed by atoms with Gasteiger partial charge in [0.25, 0.3) is 0 Å². The van der Waals surface area contributed by atoms with Crippen LogP contribution < -0.4 is 5.32 Å². The van der Waals surface area contributed by atoms with Crippen molar-refractivity contribution in [2.24, 2.45) is 0 Å². The van der Waals surface area contributed by atoms with Crippen molar-refractivity contribution in [1.29, 1.82) is 0 Å². The smallest absolute Gasteiger partial charge is 0.220 e. The van der Waals surface area contributed by atoms with Crippen LogP contribution >= 0.6 is 0 Å². The number of hydrogen-bond donors (Lipinski definition) is 6. The summed E-state index contributed by atoms with van der Waals surface area (Å²) >= 11 is 0. The summed E-state index contributed by atoms with van der Waals surface area (Å²) < 4.78 is 11.3. The molecule has 6 N–H and O–H groups in total. The van der Waals surface area contributed by atoms with Crippen LogP contribution in [0.15, 0.2) is 72.9 Å². The minimum absolute atomic E-state index is 0.136. The maximum Gasteiger partial charge on any atom is 0.220 e. The standard InChI is InChI=1S/C67H121NO8/c1-3-5-7-9-11-13-15-17-19-20-21-22-23-24-25-26-27-28-29-30-31-32-33-34-35-36-37-38-39-40-41-42-43-45-47-49-51-53-55-57-63(71)68-60(59-75-67-66(74)65(73)64(72)62(58-69)76-67)61(70)56-54-52-50-48-46-44-18-16-14-12-10-8-6-4-2/h5,7,11,13,17,19,21-22,24-25,27-28,60-62,64-67,69-70,72-74H,3-4,6,8-10,12,14-16,18,20,23,26,29-59H2,1-2H3,(H,68,71)/b7-5-,13-11-,19-17-,22-21-,25-24-,28-27-. The Labute approximate surface area is 468 Å². The minimum Gasteiger partial charge on any atom is -0.394 e. The van der Waals surface area contributed by atoms with Crippen molar-refractivity contribution < 1.29 is 39.8 Å². The molecule has 7 unspecified atom stereocenters. The molecule has 0 radical (unpaired) electrons. The highest BCUT2D eigenvalue weighted by Crippen LogP contribution is 2.23. The molecule has 7 atom stereocenters. The third-order valence-corrected chi connectivity index (χ3v) is 15.1. The fourth-order valence-electron chi connectivity index (χ4n) is 10.1. The lowest BCUT2D eigenvalue weighted by atomic mass is 9.99. The molecule has 1 fully saturated rings. The van der Waals surface area contributed by atoms with Crippen molar-refractivity contribution >= 4 is 5.91 Å². The number of hydrogen-bond acceptors (Lipinski definition) is 8. The van der Waals surface area contributed by atoms with Crippen molar-refractivity contribution in [2.75, 3.05) is 13.2 Å². The first-order valence-electron chi connectivity index (χ1n) is 32.1. The lowest BCUT2D eigenvalue weighted by Crippen LogP contribution is -2.60. The number of unbranched alkanes of at least 4 members (excludes halogenated alkanes) is 33. The Morgan fingerprint density at radius 1 is 0.461 bits per heavy atom. The maximum atomic E-state index is 13.1. The lowest BCUT2D eigenvalue weighted by molar-refractivity contribution is -0.302. The Balaban J connectivity index is 2.05. The Morgan fingerprint density at radius 2 is 0.816 bits per heavy atom. The lowest BCUT2D eigenvalue weighted by Gasteiger charge is -2.40. The normalized spacial score (nSPS) is 19.3. The highest BCUT2D eigenvalue weighted by molar-refractivity contribution is 5.76. The molecule has 0 aromatic heterocycles. The number of aliphatic hydroxyl groups excluding tert-OH is 5. The fraction of sp³-hybridized carbons (Fsp3) is 0.806. The molecule has 9 heteroatoms. The van der Waals surface area contributed by atoms with E-state index >= 15 is 0 Å². The topological polar surface area (TPSA) is 149 Å². The van der Waals surface area contributed by atoms with E-state index in [0.717, 1.165) is 77.0 Å². The maximum absolute atomic E-state index is 13.1. The average Bonchev–Trinajstić information content (AvgIpc) is 3.42. The second-order valence-electron chi connectivity index (χ2n) is 22.2. The third-order valence-electron chi connectivity index (χ3n) is 15.1. The predicted octanol–water partition coefficient (Wildman–Crippen LogP) is 16.8. The van der Waals surface area contributed by atoms with E-state index in [4.69, 9.17) is 9.47 Å². The Kier molecular flexibility index (Phi) is 52.7. The number of ether oxygens (including phenoxy) is 2. The van der Waals surface area contributed by atoms with Gasteiger partial charge in [-0.2, -0.15) is 0 Å². The zero-order chi connectivity index (χ0) is 55.0. The van der Waals surface area contributed by atoms with E-state index in [9.17, 15) is 30.3 Å². The third kappa shape index (κ3) is 44.5. The summed E-state index contributed by atoms with van der Waals surface area (Å²) in [6.45, 7) is 3.74. The van der Waals surface area contributed by atoms with Gasteiger partial charge in [0.2, 0.25) is 5.91 Å². The van der Waals surface area contributed by atoms with Gasteiger partial charge in [-0.25, -0.2) is 0 Å². The van der Waals surface area contributed by atoms with Crippen molar-refractivity contribution in [3.63, 3.8) is 0 Å². The van der Waals surface area contributed by atoms with Gasteiger partial charge in [-0.05, 0) is 64.2 Å². The van der Waals surface area contributed by atoms with Crippen molar-refractivity contribution in [3.8, 4) is 0 Å². The van der Waals surface area contributed by atoms with E-state index in [1.165, 1.54) is 186 Å². The molecular weight excluding hydrogens is 947 g/mol. The second-order valence-corrected chi connectivity index (χ2v) is 22.2. The van der Waals surface area contributed by atoms with E-state index in [0.29, 0.717) is 12.8 Å². The Bertz CT molecular complexity index is 1420. The first-order chi connectivity index (χ1) is 37.3. The van der Waals surface area contributed by atoms with Gasteiger partial charge in [-0.3, -0.25) is 4.79 Å². The van der Waals surface area contributed by atoms with Crippen molar-refractivity contribution in [1.82, 2.24) is 5.32 Å². The molecular formula is C67H121NO8. The number of carbonyl (C=O) groups is 1. The van der Waals surface area contributed by atoms with E-state index in [1.54, 1.807) is 0 Å². The molecule has 1 aliphatic rings. The van der Waals surface area contributed by atoms with Crippen LogP contribution in [0.2, 0.25) is 0 Å². The zero-order valence-corrected chi connectivity index (χ0v) is 49.3. The Morgan fingerprint density at radius 3 is 1.21 bits per heavy atom. The van der Waals surface area contributed by atoms with Gasteiger partial charge in [0, 0.05) is 6.42 Å². The molecule has 0 aromatic carbocycles. The molecule has 0 saturated carbocycles. The number of carbonyl (C=O) groups excluding carboxylic acids is 1. The van der Waals surface area contributed by atoms with Gasteiger partial charge in [-0.1, -0.05) is 292 Å². The van der Waals surface area contributed by atoms with E-state index in [-0.39, 0.29) is 12.5 Å². The van der Waals surface area contributed by atoms with Crippen LogP contribution in [0.1, 0.15) is 290 Å². The molecule has 442 valence electrons. The van der Waals surface area contributed by atoms with Crippen LogP contribution in [0.3, 0.4) is 0 Å². The molecule has 1 rings (SSSR count). The highest BCUT2D eigenvalue weighted by Gasteiger charge is 2.44. The second kappa shape index (κ2) is 55.9. The van der Waals surface area contributed by atoms with Crippen LogP contribution in [-0.2, 0) is 14.3 Å². The van der Waals surface area contributed by atoms with Crippen LogP contribution in [0.5, 0.6) is 0 Å². The number of allylic oxidation sites excluding steroid dienone is 12. The summed E-state index contributed by atoms with van der Waals surface area (Å²) in [6, 6.07) is -0.719. The number of rotatable bonds is 55. The first kappa shape index (κ1) is 71.6. The van der Waals surface area contributed by atoms with Gasteiger partial charge in [-0.15, -0.1) is 0 Å². The van der Waals surface area contributed by atoms with Gasteiger partial charge in [0.05, 0.1) is 25.4 Å². The summed E-state index contributed by atoms with van der Waals surface area (Å²) in [5.41, 5.74) is 0. The van der Waals surface area contributed by atoms with E-state index in [2.05, 4.69) is 92.1 Å². The number of nitrogens with one attached hydrogen (secondary N) is 1. The number of aliphatic hydroxyl groups is 5. The monoisotopic (exact) mass is 1070 g/mol. The molecule has 76 heavy (non-hydrogen) atoms. The van der Waals surface area contributed by atoms with Crippen LogP contribution in [0.25, 0.3) is 0 Å². The summed E-state index contributed by atoms with van der Waals surface area (Å²) in [6.07, 6.45) is 71.0. The SMILES string of the molecule is CC/C=C\C/C=C\C/C=C\C/C=C\C/C=C\C/C=C\CCCCCCCCCCCCCCCCCCCCCCC(=O)NC(COC1OC(CO)C(O)C(O)C1O)C(O)CCCCCCCCCCCCCCCC. The molecule has 1 saturated heterocycles.